The monoisotopic (exact) mass is 378 g/mol. The van der Waals surface area contributed by atoms with Crippen molar-refractivity contribution in [2.75, 3.05) is 18.5 Å². The molecule has 0 aliphatic heterocycles. The summed E-state index contributed by atoms with van der Waals surface area (Å²) in [4.78, 5) is 24.7. The Morgan fingerprint density at radius 2 is 1.82 bits per heavy atom. The molecule has 6 nitrogen and oxygen atoms in total. The van der Waals surface area contributed by atoms with Crippen LogP contribution in [0, 0.1) is 11.3 Å². The number of carbonyl (C=O) groups is 2. The van der Waals surface area contributed by atoms with Gasteiger partial charge >= 0.3 is 5.97 Å². The van der Waals surface area contributed by atoms with Crippen LogP contribution in [0.3, 0.4) is 0 Å². The maximum atomic E-state index is 12.6. The lowest BCUT2D eigenvalue weighted by molar-refractivity contribution is -0.112. The van der Waals surface area contributed by atoms with Crippen LogP contribution < -0.4 is 10.1 Å². The number of anilines is 1. The van der Waals surface area contributed by atoms with E-state index in [1.807, 2.05) is 19.1 Å². The van der Waals surface area contributed by atoms with E-state index < -0.39 is 11.9 Å². The molecule has 0 aliphatic carbocycles. The molecule has 0 saturated carbocycles. The third-order valence-electron chi connectivity index (χ3n) is 3.72. The standard InChI is InChI=1S/C22H22N2O4/c1-3-13-28-20-12-8-5-9-16(20)14-17(15-23)21(25)24-19-11-7-6-10-18(19)22(26)27-4-2/h5-12,14H,3-4,13H2,1-2H3,(H,24,25)/b17-14-. The first-order valence-corrected chi connectivity index (χ1v) is 9.01. The number of hydrogen-bond donors (Lipinski definition) is 1. The summed E-state index contributed by atoms with van der Waals surface area (Å²) in [6.07, 6.45) is 2.31. The third kappa shape index (κ3) is 5.45. The van der Waals surface area contributed by atoms with E-state index in [0.29, 0.717) is 17.9 Å². The maximum absolute atomic E-state index is 12.6. The largest absolute Gasteiger partial charge is 0.493 e. The van der Waals surface area contributed by atoms with Crippen LogP contribution in [0.4, 0.5) is 5.69 Å². The van der Waals surface area contributed by atoms with Gasteiger partial charge in [0.25, 0.3) is 5.91 Å². The van der Waals surface area contributed by atoms with Crippen molar-refractivity contribution in [2.45, 2.75) is 20.3 Å². The number of hydrogen-bond acceptors (Lipinski definition) is 5. The average molecular weight is 378 g/mol. The maximum Gasteiger partial charge on any atom is 0.340 e. The van der Waals surface area contributed by atoms with E-state index in [1.54, 1.807) is 49.4 Å². The number of esters is 1. The molecule has 1 amide bonds. The summed E-state index contributed by atoms with van der Waals surface area (Å²) in [6.45, 7) is 4.45. The minimum atomic E-state index is -0.621. The number of rotatable bonds is 8. The van der Waals surface area contributed by atoms with E-state index in [9.17, 15) is 14.9 Å². The molecular weight excluding hydrogens is 356 g/mol. The van der Waals surface area contributed by atoms with Crippen LogP contribution in [0.15, 0.2) is 54.1 Å². The number of nitrogens with one attached hydrogen (secondary N) is 1. The predicted octanol–water partition coefficient (Wildman–Crippen LogP) is 4.20. The zero-order chi connectivity index (χ0) is 20.4. The van der Waals surface area contributed by atoms with E-state index >= 15 is 0 Å². The van der Waals surface area contributed by atoms with Gasteiger partial charge in [-0.15, -0.1) is 0 Å². The van der Waals surface area contributed by atoms with Gasteiger partial charge in [-0.05, 0) is 37.6 Å². The van der Waals surface area contributed by atoms with Gasteiger partial charge in [-0.2, -0.15) is 5.26 Å². The first-order chi connectivity index (χ1) is 13.6. The molecule has 0 bridgehead atoms. The molecule has 0 aromatic heterocycles. The van der Waals surface area contributed by atoms with Crippen LogP contribution in [0.2, 0.25) is 0 Å². The summed E-state index contributed by atoms with van der Waals surface area (Å²) in [5, 5.41) is 12.1. The highest BCUT2D eigenvalue weighted by Crippen LogP contribution is 2.22. The van der Waals surface area contributed by atoms with Crippen molar-refractivity contribution in [3.05, 3.63) is 65.2 Å². The molecule has 6 heteroatoms. The van der Waals surface area contributed by atoms with Crippen LogP contribution in [0.1, 0.15) is 36.2 Å². The highest BCUT2D eigenvalue weighted by molar-refractivity contribution is 6.12. The van der Waals surface area contributed by atoms with E-state index in [2.05, 4.69) is 5.32 Å². The Morgan fingerprint density at radius 1 is 1.11 bits per heavy atom. The molecule has 1 N–H and O–H groups in total. The van der Waals surface area contributed by atoms with E-state index in [1.165, 1.54) is 6.08 Å². The fraction of sp³-hybridized carbons (Fsp3) is 0.227. The van der Waals surface area contributed by atoms with Gasteiger partial charge in [0.15, 0.2) is 0 Å². The number of nitriles is 1. The fourth-order valence-corrected chi connectivity index (χ4v) is 2.42. The van der Waals surface area contributed by atoms with Gasteiger partial charge < -0.3 is 14.8 Å². The fourth-order valence-electron chi connectivity index (χ4n) is 2.42. The number of para-hydroxylation sites is 2. The Bertz CT molecular complexity index is 913. The van der Waals surface area contributed by atoms with Crippen molar-refractivity contribution in [1.29, 1.82) is 5.26 Å². The Labute approximate surface area is 164 Å². The summed E-state index contributed by atoms with van der Waals surface area (Å²) < 4.78 is 10.7. The highest BCUT2D eigenvalue weighted by atomic mass is 16.5. The number of benzene rings is 2. The Balaban J connectivity index is 2.28. The molecule has 2 aromatic rings. The summed E-state index contributed by atoms with van der Waals surface area (Å²) in [5.41, 5.74) is 1.02. The molecule has 144 valence electrons. The number of carbonyl (C=O) groups excluding carboxylic acids is 2. The predicted molar refractivity (Wildman–Crippen MR) is 107 cm³/mol. The highest BCUT2D eigenvalue weighted by Gasteiger charge is 2.16. The number of amides is 1. The minimum Gasteiger partial charge on any atom is -0.493 e. The summed E-state index contributed by atoms with van der Waals surface area (Å²) in [5.74, 6) is -0.569. The third-order valence-corrected chi connectivity index (χ3v) is 3.72. The van der Waals surface area contributed by atoms with Crippen LogP contribution >= 0.6 is 0 Å². The quantitative estimate of drug-likeness (QED) is 0.422. The number of ether oxygens (including phenoxy) is 2. The summed E-state index contributed by atoms with van der Waals surface area (Å²) in [6, 6.07) is 15.6. The first kappa shape index (κ1) is 20.7. The Kier molecular flexibility index (Phi) is 7.79. The van der Waals surface area contributed by atoms with Crippen LogP contribution in [0.25, 0.3) is 6.08 Å². The van der Waals surface area contributed by atoms with Crippen molar-refractivity contribution in [3.63, 3.8) is 0 Å². The second-order valence-electron chi connectivity index (χ2n) is 5.78. The average Bonchev–Trinajstić information content (AvgIpc) is 2.71. The molecule has 0 aliphatic rings. The number of nitrogens with zero attached hydrogens (tertiary/aromatic N) is 1. The van der Waals surface area contributed by atoms with Crippen molar-refractivity contribution >= 4 is 23.6 Å². The lowest BCUT2D eigenvalue weighted by Crippen LogP contribution is -2.17. The Morgan fingerprint density at radius 3 is 2.54 bits per heavy atom. The zero-order valence-corrected chi connectivity index (χ0v) is 15.9. The van der Waals surface area contributed by atoms with Crippen LogP contribution in [0.5, 0.6) is 5.75 Å². The molecule has 28 heavy (non-hydrogen) atoms. The molecular formula is C22H22N2O4. The zero-order valence-electron chi connectivity index (χ0n) is 15.9. The molecule has 0 saturated heterocycles. The minimum absolute atomic E-state index is 0.105. The molecule has 0 atom stereocenters. The second kappa shape index (κ2) is 10.5. The molecule has 0 fully saturated rings. The first-order valence-electron chi connectivity index (χ1n) is 9.01. The lowest BCUT2D eigenvalue weighted by Gasteiger charge is -2.11. The molecule has 2 aromatic carbocycles. The van der Waals surface area contributed by atoms with Crippen LogP contribution in [-0.2, 0) is 9.53 Å². The van der Waals surface area contributed by atoms with Crippen LogP contribution in [-0.4, -0.2) is 25.1 Å². The summed E-state index contributed by atoms with van der Waals surface area (Å²) in [7, 11) is 0. The molecule has 0 spiro atoms. The van der Waals surface area contributed by atoms with Gasteiger partial charge in [0.05, 0.1) is 24.5 Å². The molecule has 0 heterocycles. The van der Waals surface area contributed by atoms with Gasteiger partial charge in [-0.25, -0.2) is 4.79 Å². The Hall–Kier alpha value is -3.59. The van der Waals surface area contributed by atoms with Crippen molar-refractivity contribution in [1.82, 2.24) is 0 Å². The van der Waals surface area contributed by atoms with E-state index in [-0.39, 0.29) is 23.4 Å². The van der Waals surface area contributed by atoms with Gasteiger partial charge in [0, 0.05) is 5.56 Å². The normalized spacial score (nSPS) is 10.7. The SMILES string of the molecule is CCCOc1ccccc1/C=C(/C#N)C(=O)Nc1ccccc1C(=O)OCC. The molecule has 2 rings (SSSR count). The van der Waals surface area contributed by atoms with E-state index in [4.69, 9.17) is 9.47 Å². The molecule has 0 unspecified atom stereocenters. The van der Waals surface area contributed by atoms with Gasteiger partial charge in [0.2, 0.25) is 0 Å². The summed E-state index contributed by atoms with van der Waals surface area (Å²) >= 11 is 0. The van der Waals surface area contributed by atoms with Gasteiger partial charge in [-0.1, -0.05) is 37.3 Å². The van der Waals surface area contributed by atoms with E-state index in [0.717, 1.165) is 6.42 Å². The lowest BCUT2D eigenvalue weighted by atomic mass is 10.1. The second-order valence-corrected chi connectivity index (χ2v) is 5.78. The van der Waals surface area contributed by atoms with Gasteiger partial charge in [-0.3, -0.25) is 4.79 Å². The molecule has 0 radical (unpaired) electrons. The van der Waals surface area contributed by atoms with Gasteiger partial charge in [0.1, 0.15) is 17.4 Å². The smallest absolute Gasteiger partial charge is 0.340 e. The van der Waals surface area contributed by atoms with Crippen molar-refractivity contribution in [3.8, 4) is 11.8 Å². The van der Waals surface area contributed by atoms with Crippen molar-refractivity contribution < 1.29 is 19.1 Å². The van der Waals surface area contributed by atoms with Crippen molar-refractivity contribution in [2.24, 2.45) is 0 Å². The topological polar surface area (TPSA) is 88.4 Å².